The van der Waals surface area contributed by atoms with Gasteiger partial charge in [0.1, 0.15) is 11.2 Å². The van der Waals surface area contributed by atoms with Crippen molar-refractivity contribution in [2.45, 2.75) is 19.4 Å². The Hall–Kier alpha value is -1.13. The highest BCUT2D eigenvalue weighted by molar-refractivity contribution is 6.30. The fourth-order valence-electron chi connectivity index (χ4n) is 1.07. The molecule has 14 heavy (non-hydrogen) atoms. The molecule has 0 bridgehead atoms. The van der Waals surface area contributed by atoms with Gasteiger partial charge in [-0.2, -0.15) is 0 Å². The van der Waals surface area contributed by atoms with Crippen molar-refractivity contribution < 1.29 is 9.90 Å². The fourth-order valence-corrected chi connectivity index (χ4v) is 1.17. The predicted octanol–water partition coefficient (Wildman–Crippen LogP) is 0.998. The van der Waals surface area contributed by atoms with E-state index in [1.165, 1.54) is 6.20 Å². The van der Waals surface area contributed by atoms with Crippen LogP contribution in [0.4, 0.5) is 0 Å². The molecule has 1 heterocycles. The molecule has 0 saturated heterocycles. The van der Waals surface area contributed by atoms with Crippen molar-refractivity contribution in [3.05, 3.63) is 28.5 Å². The van der Waals surface area contributed by atoms with Gasteiger partial charge in [0, 0.05) is 6.20 Å². The highest BCUT2D eigenvalue weighted by Gasteiger charge is 2.12. The molecule has 0 radical (unpaired) electrons. The van der Waals surface area contributed by atoms with Crippen LogP contribution < -0.4 is 5.73 Å². The van der Waals surface area contributed by atoms with Gasteiger partial charge in [-0.15, -0.1) is 0 Å². The molecule has 5 heteroatoms. The van der Waals surface area contributed by atoms with Crippen molar-refractivity contribution in [1.29, 1.82) is 0 Å². The Morgan fingerprint density at radius 2 is 2.43 bits per heavy atom. The van der Waals surface area contributed by atoms with Gasteiger partial charge in [0.25, 0.3) is 0 Å². The van der Waals surface area contributed by atoms with E-state index in [1.54, 1.807) is 6.07 Å². The summed E-state index contributed by atoms with van der Waals surface area (Å²) in [4.78, 5) is 14.4. The van der Waals surface area contributed by atoms with Crippen molar-refractivity contribution in [3.63, 3.8) is 0 Å². The third-order valence-corrected chi connectivity index (χ3v) is 2.24. The van der Waals surface area contributed by atoms with Gasteiger partial charge < -0.3 is 10.8 Å². The van der Waals surface area contributed by atoms with E-state index in [1.807, 2.05) is 6.92 Å². The Balaban J connectivity index is 2.78. The number of carboxylic acid groups (broad SMARTS) is 1. The predicted molar refractivity (Wildman–Crippen MR) is 53.3 cm³/mol. The summed E-state index contributed by atoms with van der Waals surface area (Å²) in [5.41, 5.74) is 6.98. The zero-order chi connectivity index (χ0) is 10.7. The van der Waals surface area contributed by atoms with Crippen molar-refractivity contribution in [3.8, 4) is 0 Å². The van der Waals surface area contributed by atoms with Crippen LogP contribution in [0.1, 0.15) is 11.1 Å². The molecular weight excluding hydrogens is 204 g/mol. The number of nitrogens with zero attached hydrogens (tertiary/aromatic N) is 1. The van der Waals surface area contributed by atoms with Gasteiger partial charge in [-0.25, -0.2) is 4.98 Å². The quantitative estimate of drug-likeness (QED) is 0.736. The van der Waals surface area contributed by atoms with E-state index in [0.29, 0.717) is 5.15 Å². The Morgan fingerprint density at radius 3 is 2.93 bits per heavy atom. The first-order valence-corrected chi connectivity index (χ1v) is 4.48. The molecular formula is C9H11ClN2O2. The first kappa shape index (κ1) is 10.9. The summed E-state index contributed by atoms with van der Waals surface area (Å²) < 4.78 is 0. The molecule has 3 N–H and O–H groups in total. The minimum absolute atomic E-state index is 0.264. The van der Waals surface area contributed by atoms with Gasteiger partial charge in [-0.1, -0.05) is 17.7 Å². The molecule has 0 aromatic carbocycles. The summed E-state index contributed by atoms with van der Waals surface area (Å²) in [5, 5.41) is 9.02. The lowest BCUT2D eigenvalue weighted by Gasteiger charge is -2.06. The number of carbonyl (C=O) groups is 1. The maximum atomic E-state index is 10.5. The summed E-state index contributed by atoms with van der Waals surface area (Å²) in [5.74, 6) is -1.02. The summed E-state index contributed by atoms with van der Waals surface area (Å²) in [6.45, 7) is 1.81. The van der Waals surface area contributed by atoms with E-state index in [9.17, 15) is 4.79 Å². The summed E-state index contributed by atoms with van der Waals surface area (Å²) in [6, 6.07) is 0.898. The lowest BCUT2D eigenvalue weighted by molar-refractivity contribution is -0.138. The molecule has 0 fully saturated rings. The standard InChI is InChI=1S/C9H11ClN2O2/c1-5-2-6(4-12-8(5)10)3-7(11)9(13)14/h2,4,7H,3,11H2,1H3,(H,13,14). The number of hydrogen-bond donors (Lipinski definition) is 2. The van der Waals surface area contributed by atoms with Crippen LogP contribution in [-0.4, -0.2) is 22.1 Å². The van der Waals surface area contributed by atoms with E-state index in [0.717, 1.165) is 11.1 Å². The molecule has 1 aromatic rings. The normalized spacial score (nSPS) is 12.5. The van der Waals surface area contributed by atoms with Crippen LogP contribution in [0.2, 0.25) is 5.15 Å². The smallest absolute Gasteiger partial charge is 0.320 e. The van der Waals surface area contributed by atoms with Gasteiger partial charge in [0.2, 0.25) is 0 Å². The first-order chi connectivity index (χ1) is 6.50. The zero-order valence-corrected chi connectivity index (χ0v) is 8.45. The number of pyridine rings is 1. The number of aryl methyl sites for hydroxylation is 1. The Morgan fingerprint density at radius 1 is 1.79 bits per heavy atom. The summed E-state index contributed by atoms with van der Waals surface area (Å²) in [6.07, 6.45) is 1.80. The van der Waals surface area contributed by atoms with E-state index in [4.69, 9.17) is 22.4 Å². The molecule has 0 aliphatic carbocycles. The molecule has 0 saturated carbocycles. The van der Waals surface area contributed by atoms with Crippen LogP contribution in [0.15, 0.2) is 12.3 Å². The number of carboxylic acids is 1. The van der Waals surface area contributed by atoms with Crippen LogP contribution in [0.5, 0.6) is 0 Å². The zero-order valence-electron chi connectivity index (χ0n) is 7.70. The van der Waals surface area contributed by atoms with Crippen LogP contribution in [-0.2, 0) is 11.2 Å². The highest BCUT2D eigenvalue weighted by atomic mass is 35.5. The van der Waals surface area contributed by atoms with Crippen LogP contribution in [0, 0.1) is 6.92 Å². The maximum absolute atomic E-state index is 10.5. The van der Waals surface area contributed by atoms with E-state index >= 15 is 0 Å². The van der Waals surface area contributed by atoms with Crippen LogP contribution in [0.25, 0.3) is 0 Å². The molecule has 0 amide bonds. The van der Waals surface area contributed by atoms with Gasteiger partial charge >= 0.3 is 5.97 Å². The Kier molecular flexibility index (Phi) is 3.43. The number of hydrogen-bond acceptors (Lipinski definition) is 3. The van der Waals surface area contributed by atoms with Crippen molar-refractivity contribution in [2.24, 2.45) is 5.73 Å². The molecule has 0 spiro atoms. The van der Waals surface area contributed by atoms with Gasteiger partial charge in [-0.3, -0.25) is 4.79 Å². The molecule has 4 nitrogen and oxygen atoms in total. The van der Waals surface area contributed by atoms with Crippen molar-refractivity contribution >= 4 is 17.6 Å². The van der Waals surface area contributed by atoms with Crippen LogP contribution in [0.3, 0.4) is 0 Å². The Bertz CT molecular complexity index is 355. The number of halogens is 1. The third kappa shape index (κ3) is 2.68. The summed E-state index contributed by atoms with van der Waals surface area (Å²) in [7, 11) is 0. The number of nitrogens with two attached hydrogens (primary N) is 1. The first-order valence-electron chi connectivity index (χ1n) is 4.10. The largest absolute Gasteiger partial charge is 0.480 e. The average Bonchev–Trinajstić information content (AvgIpc) is 2.11. The number of aromatic nitrogens is 1. The third-order valence-electron chi connectivity index (χ3n) is 1.84. The van der Waals surface area contributed by atoms with E-state index < -0.39 is 12.0 Å². The van der Waals surface area contributed by atoms with Gasteiger partial charge in [0.15, 0.2) is 0 Å². The van der Waals surface area contributed by atoms with E-state index in [2.05, 4.69) is 4.98 Å². The monoisotopic (exact) mass is 214 g/mol. The molecule has 1 rings (SSSR count). The number of rotatable bonds is 3. The lowest BCUT2D eigenvalue weighted by Crippen LogP contribution is -2.32. The highest BCUT2D eigenvalue weighted by Crippen LogP contribution is 2.13. The van der Waals surface area contributed by atoms with Crippen molar-refractivity contribution in [1.82, 2.24) is 4.98 Å². The van der Waals surface area contributed by atoms with Gasteiger partial charge in [0.05, 0.1) is 0 Å². The van der Waals surface area contributed by atoms with Crippen LogP contribution >= 0.6 is 11.6 Å². The molecule has 0 aliphatic heterocycles. The SMILES string of the molecule is Cc1cc(CC(N)C(=O)O)cnc1Cl. The molecule has 1 aromatic heterocycles. The minimum Gasteiger partial charge on any atom is -0.480 e. The second-order valence-corrected chi connectivity index (χ2v) is 3.46. The lowest BCUT2D eigenvalue weighted by atomic mass is 10.1. The topological polar surface area (TPSA) is 76.2 Å². The second-order valence-electron chi connectivity index (χ2n) is 3.10. The molecule has 0 aliphatic rings. The number of aliphatic carboxylic acids is 1. The maximum Gasteiger partial charge on any atom is 0.320 e. The van der Waals surface area contributed by atoms with Gasteiger partial charge in [-0.05, 0) is 24.5 Å². The van der Waals surface area contributed by atoms with E-state index in [-0.39, 0.29) is 6.42 Å². The molecule has 76 valence electrons. The molecule has 1 atom stereocenters. The fraction of sp³-hybridized carbons (Fsp3) is 0.333. The molecule has 1 unspecified atom stereocenters. The second kappa shape index (κ2) is 4.39. The van der Waals surface area contributed by atoms with Crippen molar-refractivity contribution in [2.75, 3.05) is 0 Å². The summed E-state index contributed by atoms with van der Waals surface area (Å²) >= 11 is 5.72. The minimum atomic E-state index is -1.02. The Labute approximate surface area is 86.7 Å². The average molecular weight is 215 g/mol.